The molecule has 0 saturated carbocycles. The number of allylic oxidation sites excluding steroid dienone is 10. The molecule has 2 rings (SSSR count). The molecule has 18 heavy (non-hydrogen) atoms. The third-order valence-electron chi connectivity index (χ3n) is 2.31. The largest absolute Gasteiger partial charge is 0.417 e. The first kappa shape index (κ1) is 12.0. The van der Waals surface area contributed by atoms with Gasteiger partial charge in [-0.05, 0) is 6.42 Å². The molecular formula is C15H14N2O. The van der Waals surface area contributed by atoms with E-state index in [2.05, 4.69) is 22.9 Å². The zero-order valence-electron chi connectivity index (χ0n) is 9.99. The van der Waals surface area contributed by atoms with Gasteiger partial charge in [0.25, 0.3) is 0 Å². The lowest BCUT2D eigenvalue weighted by molar-refractivity contribution is 0.527. The average molecular weight is 238 g/mol. The molecule has 0 unspecified atom stereocenters. The first-order valence-corrected chi connectivity index (χ1v) is 5.72. The molecule has 0 spiro atoms. The third kappa shape index (κ3) is 3.28. The van der Waals surface area contributed by atoms with Crippen LogP contribution >= 0.6 is 0 Å². The van der Waals surface area contributed by atoms with E-state index < -0.39 is 0 Å². The fourth-order valence-electron chi connectivity index (χ4n) is 1.45. The van der Waals surface area contributed by atoms with Crippen LogP contribution in [0.4, 0.5) is 0 Å². The molecule has 90 valence electrons. The standard InChI is InChI=1S/C15H14N2O/c1-2-3-4-9-12-14-16-17-15(18-14)13-10-7-5-6-8-11-13/h2-10,12H,1,11H2/b4-3-,12-9+. The normalized spacial score (nSPS) is 15.2. The van der Waals surface area contributed by atoms with Gasteiger partial charge in [0, 0.05) is 11.6 Å². The molecule has 0 amide bonds. The summed E-state index contributed by atoms with van der Waals surface area (Å²) in [6, 6.07) is 0. The SMILES string of the molecule is C=C/C=C\C=C\c1nnc(C2=CC=CC=CC2)o1. The highest BCUT2D eigenvalue weighted by Gasteiger charge is 2.08. The first-order valence-electron chi connectivity index (χ1n) is 5.72. The molecule has 0 N–H and O–H groups in total. The summed E-state index contributed by atoms with van der Waals surface area (Å²) in [4.78, 5) is 0. The molecule has 0 aliphatic heterocycles. The van der Waals surface area contributed by atoms with E-state index in [-0.39, 0.29) is 0 Å². The lowest BCUT2D eigenvalue weighted by atomic mass is 10.2. The van der Waals surface area contributed by atoms with Crippen LogP contribution in [0.2, 0.25) is 0 Å². The van der Waals surface area contributed by atoms with Crippen LogP contribution in [0.15, 0.2) is 65.7 Å². The average Bonchev–Trinajstić information content (AvgIpc) is 2.69. The van der Waals surface area contributed by atoms with E-state index in [1.54, 1.807) is 12.2 Å². The molecule has 3 nitrogen and oxygen atoms in total. The summed E-state index contributed by atoms with van der Waals surface area (Å²) >= 11 is 0. The van der Waals surface area contributed by atoms with Gasteiger partial charge in [0.15, 0.2) is 0 Å². The minimum absolute atomic E-state index is 0.497. The van der Waals surface area contributed by atoms with Crippen molar-refractivity contribution in [2.75, 3.05) is 0 Å². The second kappa shape index (κ2) is 6.35. The van der Waals surface area contributed by atoms with E-state index >= 15 is 0 Å². The first-order chi connectivity index (χ1) is 8.90. The van der Waals surface area contributed by atoms with Crippen molar-refractivity contribution in [3.8, 4) is 0 Å². The molecule has 0 atom stereocenters. The molecular weight excluding hydrogens is 224 g/mol. The van der Waals surface area contributed by atoms with Crippen molar-refractivity contribution in [2.45, 2.75) is 6.42 Å². The van der Waals surface area contributed by atoms with Gasteiger partial charge in [0.05, 0.1) is 0 Å². The predicted molar refractivity (Wildman–Crippen MR) is 73.5 cm³/mol. The maximum absolute atomic E-state index is 5.55. The van der Waals surface area contributed by atoms with Gasteiger partial charge in [-0.25, -0.2) is 0 Å². The minimum atomic E-state index is 0.497. The molecule has 0 saturated heterocycles. The van der Waals surface area contributed by atoms with Crippen molar-refractivity contribution in [3.63, 3.8) is 0 Å². The number of rotatable bonds is 4. The Morgan fingerprint density at radius 3 is 2.94 bits per heavy atom. The highest BCUT2D eigenvalue weighted by Crippen LogP contribution is 2.19. The maximum Gasteiger partial charge on any atom is 0.244 e. The number of aromatic nitrogens is 2. The van der Waals surface area contributed by atoms with Gasteiger partial charge < -0.3 is 4.42 Å². The fraction of sp³-hybridized carbons (Fsp3) is 0.0667. The molecule has 1 aromatic rings. The third-order valence-corrected chi connectivity index (χ3v) is 2.31. The van der Waals surface area contributed by atoms with Crippen molar-refractivity contribution >= 4 is 11.6 Å². The Bertz CT molecular complexity index is 557. The predicted octanol–water partition coefficient (Wildman–Crippen LogP) is 3.72. The molecule has 1 heterocycles. The van der Waals surface area contributed by atoms with Gasteiger partial charge in [-0.2, -0.15) is 0 Å². The van der Waals surface area contributed by atoms with Crippen LogP contribution in [0.3, 0.4) is 0 Å². The molecule has 0 aromatic carbocycles. The summed E-state index contributed by atoms with van der Waals surface area (Å²) in [6.45, 7) is 3.59. The van der Waals surface area contributed by atoms with E-state index in [4.69, 9.17) is 4.42 Å². The monoisotopic (exact) mass is 238 g/mol. The van der Waals surface area contributed by atoms with Gasteiger partial charge in [-0.3, -0.25) is 0 Å². The van der Waals surface area contributed by atoms with Gasteiger partial charge in [0.2, 0.25) is 11.8 Å². The van der Waals surface area contributed by atoms with Crippen LogP contribution in [-0.4, -0.2) is 10.2 Å². The fourth-order valence-corrected chi connectivity index (χ4v) is 1.45. The van der Waals surface area contributed by atoms with Crippen molar-refractivity contribution < 1.29 is 4.42 Å². The Morgan fingerprint density at radius 2 is 2.06 bits per heavy atom. The highest BCUT2D eigenvalue weighted by atomic mass is 16.4. The smallest absolute Gasteiger partial charge is 0.244 e. The Hall–Kier alpha value is -2.42. The van der Waals surface area contributed by atoms with E-state index in [1.165, 1.54) is 0 Å². The van der Waals surface area contributed by atoms with E-state index in [0.717, 1.165) is 12.0 Å². The van der Waals surface area contributed by atoms with E-state index in [9.17, 15) is 0 Å². The topological polar surface area (TPSA) is 38.9 Å². The summed E-state index contributed by atoms with van der Waals surface area (Å²) in [5, 5.41) is 8.00. The van der Waals surface area contributed by atoms with Gasteiger partial charge >= 0.3 is 0 Å². The lowest BCUT2D eigenvalue weighted by Gasteiger charge is -1.94. The van der Waals surface area contributed by atoms with Crippen LogP contribution in [0.25, 0.3) is 11.6 Å². The summed E-state index contributed by atoms with van der Waals surface area (Å²) in [7, 11) is 0. The van der Waals surface area contributed by atoms with Gasteiger partial charge in [-0.15, -0.1) is 10.2 Å². The Balaban J connectivity index is 2.10. The molecule has 0 bridgehead atoms. The van der Waals surface area contributed by atoms with Crippen molar-refractivity contribution in [1.29, 1.82) is 0 Å². The lowest BCUT2D eigenvalue weighted by Crippen LogP contribution is -1.82. The molecule has 3 heteroatoms. The maximum atomic E-state index is 5.55. The summed E-state index contributed by atoms with van der Waals surface area (Å²) in [6.07, 6.45) is 19.8. The van der Waals surface area contributed by atoms with Crippen molar-refractivity contribution in [2.24, 2.45) is 0 Å². The van der Waals surface area contributed by atoms with Crippen molar-refractivity contribution in [3.05, 3.63) is 73.0 Å². The summed E-state index contributed by atoms with van der Waals surface area (Å²) < 4.78 is 5.55. The molecule has 1 aliphatic rings. The minimum Gasteiger partial charge on any atom is -0.417 e. The zero-order chi connectivity index (χ0) is 12.6. The van der Waals surface area contributed by atoms with E-state index in [1.807, 2.05) is 42.5 Å². The Kier molecular flexibility index (Phi) is 4.25. The van der Waals surface area contributed by atoms with Crippen LogP contribution < -0.4 is 0 Å². The molecule has 0 fully saturated rings. The number of hydrogen-bond donors (Lipinski definition) is 0. The Labute approximate surface area is 106 Å². The van der Waals surface area contributed by atoms with Gasteiger partial charge in [-0.1, -0.05) is 61.3 Å². The number of hydrogen-bond acceptors (Lipinski definition) is 3. The van der Waals surface area contributed by atoms with Crippen LogP contribution in [0, 0.1) is 0 Å². The molecule has 1 aliphatic carbocycles. The van der Waals surface area contributed by atoms with Crippen LogP contribution in [-0.2, 0) is 0 Å². The van der Waals surface area contributed by atoms with Crippen LogP contribution in [0.1, 0.15) is 18.2 Å². The number of nitrogens with zero attached hydrogens (tertiary/aromatic N) is 2. The highest BCUT2D eigenvalue weighted by molar-refractivity contribution is 5.63. The second-order valence-electron chi connectivity index (χ2n) is 3.63. The zero-order valence-corrected chi connectivity index (χ0v) is 9.99. The summed E-state index contributed by atoms with van der Waals surface area (Å²) in [5.41, 5.74) is 1.02. The second-order valence-corrected chi connectivity index (χ2v) is 3.63. The molecule has 0 radical (unpaired) electrons. The van der Waals surface area contributed by atoms with E-state index in [0.29, 0.717) is 11.8 Å². The molecule has 1 aromatic heterocycles. The Morgan fingerprint density at radius 1 is 1.11 bits per heavy atom. The quantitative estimate of drug-likeness (QED) is 0.750. The van der Waals surface area contributed by atoms with Crippen molar-refractivity contribution in [1.82, 2.24) is 10.2 Å². The van der Waals surface area contributed by atoms with Crippen LogP contribution in [0.5, 0.6) is 0 Å². The van der Waals surface area contributed by atoms with Gasteiger partial charge in [0.1, 0.15) is 0 Å². The summed E-state index contributed by atoms with van der Waals surface area (Å²) in [5.74, 6) is 1.07.